The number of hydrogen-bond donors (Lipinski definition) is 1. The summed E-state index contributed by atoms with van der Waals surface area (Å²) in [5.74, 6) is 0.321. The average Bonchev–Trinajstić information content (AvgIpc) is 2.52. The van der Waals surface area contributed by atoms with Crippen molar-refractivity contribution in [1.29, 1.82) is 0 Å². The Kier molecular flexibility index (Phi) is 3.28. The van der Waals surface area contributed by atoms with Gasteiger partial charge in [-0.2, -0.15) is 5.10 Å². The molecule has 0 fully saturated rings. The van der Waals surface area contributed by atoms with E-state index in [1.807, 2.05) is 6.07 Å². The minimum Gasteiger partial charge on any atom is -0.381 e. The van der Waals surface area contributed by atoms with Gasteiger partial charge in [-0.3, -0.25) is 4.68 Å². The van der Waals surface area contributed by atoms with Gasteiger partial charge in [0, 0.05) is 6.20 Å². The van der Waals surface area contributed by atoms with Crippen molar-refractivity contribution in [3.8, 4) is 0 Å². The molecule has 1 heterocycles. The summed E-state index contributed by atoms with van der Waals surface area (Å²) >= 11 is 17.5. The van der Waals surface area contributed by atoms with E-state index in [0.29, 0.717) is 27.4 Å². The zero-order chi connectivity index (χ0) is 11.7. The minimum atomic E-state index is 0.321. The van der Waals surface area contributed by atoms with Crippen LogP contribution >= 0.6 is 34.8 Å². The van der Waals surface area contributed by atoms with Crippen LogP contribution in [0.15, 0.2) is 24.4 Å². The summed E-state index contributed by atoms with van der Waals surface area (Å²) in [5, 5.41) is 5.54. The van der Waals surface area contributed by atoms with E-state index in [9.17, 15) is 0 Å². The van der Waals surface area contributed by atoms with E-state index < -0.39 is 0 Å². The summed E-state index contributed by atoms with van der Waals surface area (Å²) < 4.78 is 1.65. The molecule has 0 atom stereocenters. The van der Waals surface area contributed by atoms with Crippen LogP contribution in [0.5, 0.6) is 0 Å². The normalized spacial score (nSPS) is 10.7. The van der Waals surface area contributed by atoms with Crippen LogP contribution < -0.4 is 5.73 Å². The first-order valence-corrected chi connectivity index (χ1v) is 5.62. The Balaban J connectivity index is 2.23. The maximum Gasteiger partial charge on any atom is 0.164 e. The Hall–Kier alpha value is -0.900. The van der Waals surface area contributed by atoms with Crippen molar-refractivity contribution in [2.45, 2.75) is 6.54 Å². The van der Waals surface area contributed by atoms with E-state index in [4.69, 9.17) is 40.5 Å². The number of nitrogens with two attached hydrogens (primary N) is 1. The monoisotopic (exact) mass is 275 g/mol. The molecule has 3 nitrogen and oxygen atoms in total. The van der Waals surface area contributed by atoms with Crippen molar-refractivity contribution >= 4 is 40.6 Å². The fourth-order valence-electron chi connectivity index (χ4n) is 1.32. The molecule has 0 saturated carbocycles. The van der Waals surface area contributed by atoms with Crippen molar-refractivity contribution in [2.75, 3.05) is 5.73 Å². The van der Waals surface area contributed by atoms with Gasteiger partial charge < -0.3 is 5.73 Å². The highest BCUT2D eigenvalue weighted by Gasteiger charge is 2.04. The topological polar surface area (TPSA) is 43.8 Å². The molecule has 0 amide bonds. The van der Waals surface area contributed by atoms with Crippen molar-refractivity contribution in [3.05, 3.63) is 45.0 Å². The van der Waals surface area contributed by atoms with E-state index in [0.717, 1.165) is 5.56 Å². The molecule has 0 aliphatic heterocycles. The molecule has 0 aliphatic carbocycles. The van der Waals surface area contributed by atoms with Crippen LogP contribution in [-0.4, -0.2) is 9.78 Å². The van der Waals surface area contributed by atoms with Crippen molar-refractivity contribution < 1.29 is 0 Å². The molecule has 1 aromatic carbocycles. The highest BCUT2D eigenvalue weighted by atomic mass is 35.5. The Morgan fingerprint density at radius 2 is 1.88 bits per heavy atom. The first-order chi connectivity index (χ1) is 7.56. The zero-order valence-corrected chi connectivity index (χ0v) is 10.4. The van der Waals surface area contributed by atoms with Gasteiger partial charge in [-0.25, -0.2) is 0 Å². The lowest BCUT2D eigenvalue weighted by Gasteiger charge is -2.03. The molecular weight excluding hydrogens is 268 g/mol. The third-order valence-corrected chi connectivity index (χ3v) is 3.10. The summed E-state index contributed by atoms with van der Waals surface area (Å²) in [7, 11) is 0. The molecule has 2 aromatic rings. The van der Waals surface area contributed by atoms with Crippen LogP contribution in [0, 0.1) is 0 Å². The van der Waals surface area contributed by atoms with E-state index in [-0.39, 0.29) is 0 Å². The quantitative estimate of drug-likeness (QED) is 0.912. The van der Waals surface area contributed by atoms with E-state index in [1.165, 1.54) is 0 Å². The van der Waals surface area contributed by atoms with Gasteiger partial charge in [0.15, 0.2) is 5.82 Å². The molecule has 0 aliphatic rings. The highest BCUT2D eigenvalue weighted by molar-refractivity contribution is 6.42. The predicted molar refractivity (Wildman–Crippen MR) is 67.2 cm³/mol. The molecule has 0 radical (unpaired) electrons. The number of nitrogens with zero attached hydrogens (tertiary/aromatic N) is 2. The number of hydrogen-bond acceptors (Lipinski definition) is 2. The summed E-state index contributed by atoms with van der Waals surface area (Å²) in [6.07, 6.45) is 1.67. The molecular formula is C10H8Cl3N3. The lowest BCUT2D eigenvalue weighted by molar-refractivity contribution is 0.690. The Bertz CT molecular complexity index is 503. The fourth-order valence-corrected chi connectivity index (χ4v) is 1.79. The lowest BCUT2D eigenvalue weighted by Crippen LogP contribution is -2.01. The molecule has 2 N–H and O–H groups in total. The second kappa shape index (κ2) is 4.53. The van der Waals surface area contributed by atoms with Gasteiger partial charge in [0.05, 0.1) is 16.6 Å². The van der Waals surface area contributed by atoms with E-state index in [1.54, 1.807) is 23.0 Å². The number of halogens is 3. The summed E-state index contributed by atoms with van der Waals surface area (Å²) in [6.45, 7) is 0.549. The van der Waals surface area contributed by atoms with Gasteiger partial charge in [0.25, 0.3) is 0 Å². The van der Waals surface area contributed by atoms with Crippen molar-refractivity contribution in [3.63, 3.8) is 0 Å². The zero-order valence-electron chi connectivity index (χ0n) is 8.12. The van der Waals surface area contributed by atoms with Crippen LogP contribution in [0.4, 0.5) is 5.82 Å². The van der Waals surface area contributed by atoms with Gasteiger partial charge in [-0.1, -0.05) is 40.9 Å². The van der Waals surface area contributed by atoms with Gasteiger partial charge in [0.1, 0.15) is 5.02 Å². The van der Waals surface area contributed by atoms with E-state index >= 15 is 0 Å². The predicted octanol–water partition coefficient (Wildman–Crippen LogP) is 3.47. The largest absolute Gasteiger partial charge is 0.381 e. The molecule has 2 rings (SSSR count). The van der Waals surface area contributed by atoms with Crippen molar-refractivity contribution in [2.24, 2.45) is 0 Å². The summed E-state index contributed by atoms with van der Waals surface area (Å²) in [4.78, 5) is 0. The fraction of sp³-hybridized carbons (Fsp3) is 0.100. The maximum absolute atomic E-state index is 5.90. The first-order valence-electron chi connectivity index (χ1n) is 4.48. The van der Waals surface area contributed by atoms with E-state index in [2.05, 4.69) is 5.10 Å². The Morgan fingerprint density at radius 1 is 1.12 bits per heavy atom. The summed E-state index contributed by atoms with van der Waals surface area (Å²) in [6, 6.07) is 5.41. The van der Waals surface area contributed by atoms with Crippen LogP contribution in [0.2, 0.25) is 15.1 Å². The van der Waals surface area contributed by atoms with Crippen LogP contribution in [0.3, 0.4) is 0 Å². The second-order valence-electron chi connectivity index (χ2n) is 3.31. The minimum absolute atomic E-state index is 0.321. The molecule has 0 saturated heterocycles. The Labute approximate surface area is 108 Å². The Morgan fingerprint density at radius 3 is 2.44 bits per heavy atom. The lowest BCUT2D eigenvalue weighted by atomic mass is 10.2. The molecule has 0 unspecified atom stereocenters. The highest BCUT2D eigenvalue weighted by Crippen LogP contribution is 2.23. The van der Waals surface area contributed by atoms with Crippen molar-refractivity contribution in [1.82, 2.24) is 9.78 Å². The molecule has 16 heavy (non-hydrogen) atoms. The molecule has 0 bridgehead atoms. The van der Waals surface area contributed by atoms with Crippen LogP contribution in [0.25, 0.3) is 0 Å². The summed E-state index contributed by atoms with van der Waals surface area (Å²) in [5.41, 5.74) is 6.52. The molecule has 84 valence electrons. The SMILES string of the molecule is Nc1nn(Cc2ccc(Cl)c(Cl)c2)cc1Cl. The third-order valence-electron chi connectivity index (χ3n) is 2.07. The van der Waals surface area contributed by atoms with Gasteiger partial charge in [0.2, 0.25) is 0 Å². The number of aromatic nitrogens is 2. The number of anilines is 1. The molecule has 1 aromatic heterocycles. The number of rotatable bonds is 2. The third kappa shape index (κ3) is 2.43. The second-order valence-corrected chi connectivity index (χ2v) is 4.53. The van der Waals surface area contributed by atoms with Gasteiger partial charge in [-0.05, 0) is 17.7 Å². The number of nitrogen functional groups attached to an aromatic ring is 1. The molecule has 0 spiro atoms. The smallest absolute Gasteiger partial charge is 0.164 e. The molecule has 6 heteroatoms. The van der Waals surface area contributed by atoms with Gasteiger partial charge in [-0.15, -0.1) is 0 Å². The van der Waals surface area contributed by atoms with Crippen LogP contribution in [-0.2, 0) is 6.54 Å². The first kappa shape index (κ1) is 11.6. The van der Waals surface area contributed by atoms with Gasteiger partial charge >= 0.3 is 0 Å². The van der Waals surface area contributed by atoms with Crippen LogP contribution in [0.1, 0.15) is 5.56 Å². The maximum atomic E-state index is 5.90. The average molecular weight is 277 g/mol. The number of benzene rings is 1. The standard InChI is InChI=1S/C10H8Cl3N3/c11-7-2-1-6(3-8(7)12)4-16-5-9(13)10(14)15-16/h1-3,5H,4H2,(H2,14,15).